The fourth-order valence-electron chi connectivity index (χ4n) is 1.23. The van der Waals surface area contributed by atoms with Crippen molar-refractivity contribution in [2.24, 2.45) is 0 Å². The maximum atomic E-state index is 13.5. The molecule has 5 heteroatoms. The van der Waals surface area contributed by atoms with Crippen LogP contribution in [0.2, 0.25) is 0 Å². The number of hydrogen-bond acceptors (Lipinski definition) is 3. The van der Waals surface area contributed by atoms with E-state index in [1.807, 2.05) is 6.07 Å². The van der Waals surface area contributed by atoms with Crippen LogP contribution in [0.15, 0.2) is 30.9 Å². The number of carbonyl (C=O) groups excluding carboxylic acids is 1. The van der Waals surface area contributed by atoms with Gasteiger partial charge in [-0.3, -0.25) is 4.79 Å². The molecule has 1 amide bonds. The highest BCUT2D eigenvalue weighted by Crippen LogP contribution is 2.19. The number of halogens is 1. The number of nitrogens with one attached hydrogen (secondary N) is 1. The molecular formula is C13H13FN2O2. The third-order valence-electron chi connectivity index (χ3n) is 2.15. The van der Waals surface area contributed by atoms with Crippen LogP contribution in [0.3, 0.4) is 0 Å². The third-order valence-corrected chi connectivity index (χ3v) is 2.15. The SMILES string of the molecule is C=CCNC(=O)C(C)Oc1ccc(C#N)cc1F. The predicted octanol–water partition coefficient (Wildman–Crippen LogP) is 1.77. The van der Waals surface area contributed by atoms with Gasteiger partial charge < -0.3 is 10.1 Å². The van der Waals surface area contributed by atoms with E-state index in [1.54, 1.807) is 0 Å². The summed E-state index contributed by atoms with van der Waals surface area (Å²) in [4.78, 5) is 11.5. The summed E-state index contributed by atoms with van der Waals surface area (Å²) < 4.78 is 18.7. The zero-order valence-corrected chi connectivity index (χ0v) is 9.94. The molecule has 0 saturated carbocycles. The first kappa shape index (κ1) is 13.7. The van der Waals surface area contributed by atoms with Crippen molar-refractivity contribution in [2.45, 2.75) is 13.0 Å². The number of hydrogen-bond donors (Lipinski definition) is 1. The van der Waals surface area contributed by atoms with Gasteiger partial charge in [0.1, 0.15) is 0 Å². The average Bonchev–Trinajstić information content (AvgIpc) is 2.38. The van der Waals surface area contributed by atoms with Gasteiger partial charge in [-0.2, -0.15) is 5.26 Å². The van der Waals surface area contributed by atoms with Crippen molar-refractivity contribution >= 4 is 5.91 Å². The fraction of sp³-hybridized carbons (Fsp3) is 0.231. The summed E-state index contributed by atoms with van der Waals surface area (Å²) >= 11 is 0. The normalized spacial score (nSPS) is 11.2. The summed E-state index contributed by atoms with van der Waals surface area (Å²) in [5.74, 6) is -1.09. The van der Waals surface area contributed by atoms with Gasteiger partial charge in [0.25, 0.3) is 5.91 Å². The summed E-state index contributed by atoms with van der Waals surface area (Å²) in [6.45, 7) is 5.29. The molecule has 1 N–H and O–H groups in total. The summed E-state index contributed by atoms with van der Waals surface area (Å²) in [5, 5.41) is 11.1. The van der Waals surface area contributed by atoms with Gasteiger partial charge in [-0.15, -0.1) is 6.58 Å². The Bertz CT molecular complexity index is 494. The van der Waals surface area contributed by atoms with Crippen LogP contribution in [0, 0.1) is 17.1 Å². The van der Waals surface area contributed by atoms with Crippen LogP contribution in [0.1, 0.15) is 12.5 Å². The predicted molar refractivity (Wildman–Crippen MR) is 64.4 cm³/mol. The molecule has 0 radical (unpaired) electrons. The van der Waals surface area contributed by atoms with E-state index in [1.165, 1.54) is 25.1 Å². The van der Waals surface area contributed by atoms with Crippen molar-refractivity contribution in [3.05, 3.63) is 42.2 Å². The Hall–Kier alpha value is -2.35. The van der Waals surface area contributed by atoms with Crippen molar-refractivity contribution in [2.75, 3.05) is 6.54 Å². The monoisotopic (exact) mass is 248 g/mol. The van der Waals surface area contributed by atoms with Crippen LogP contribution in [0.5, 0.6) is 5.75 Å². The average molecular weight is 248 g/mol. The molecule has 1 unspecified atom stereocenters. The molecule has 0 spiro atoms. The van der Waals surface area contributed by atoms with Gasteiger partial charge in [0.05, 0.1) is 11.6 Å². The molecule has 0 saturated heterocycles. The van der Waals surface area contributed by atoms with Crippen LogP contribution in [0.4, 0.5) is 4.39 Å². The molecule has 0 fully saturated rings. The molecule has 0 aliphatic rings. The molecule has 1 atom stereocenters. The van der Waals surface area contributed by atoms with Gasteiger partial charge in [0, 0.05) is 6.54 Å². The van der Waals surface area contributed by atoms with Crippen molar-refractivity contribution in [1.29, 1.82) is 5.26 Å². The molecule has 1 aromatic carbocycles. The standard InChI is InChI=1S/C13H13FN2O2/c1-3-6-16-13(17)9(2)18-12-5-4-10(8-15)7-11(12)14/h3-5,7,9H,1,6H2,2H3,(H,16,17). The van der Waals surface area contributed by atoms with E-state index < -0.39 is 11.9 Å². The van der Waals surface area contributed by atoms with E-state index in [0.717, 1.165) is 6.07 Å². The van der Waals surface area contributed by atoms with Crippen molar-refractivity contribution in [3.8, 4) is 11.8 Å². The minimum atomic E-state index is -0.826. The first-order valence-electron chi connectivity index (χ1n) is 5.33. The molecule has 0 aliphatic carbocycles. The second-order valence-electron chi connectivity index (χ2n) is 3.55. The molecule has 0 aliphatic heterocycles. The molecule has 0 aromatic heterocycles. The van der Waals surface area contributed by atoms with Gasteiger partial charge in [-0.1, -0.05) is 6.08 Å². The van der Waals surface area contributed by atoms with Crippen LogP contribution in [0.25, 0.3) is 0 Å². The number of carbonyl (C=O) groups is 1. The molecule has 94 valence electrons. The lowest BCUT2D eigenvalue weighted by Gasteiger charge is -2.14. The van der Waals surface area contributed by atoms with E-state index in [-0.39, 0.29) is 17.2 Å². The van der Waals surface area contributed by atoms with E-state index in [4.69, 9.17) is 10.00 Å². The van der Waals surface area contributed by atoms with Gasteiger partial charge >= 0.3 is 0 Å². The zero-order valence-electron chi connectivity index (χ0n) is 9.94. The van der Waals surface area contributed by atoms with Crippen molar-refractivity contribution in [1.82, 2.24) is 5.32 Å². The molecule has 0 heterocycles. The number of ether oxygens (including phenoxy) is 1. The van der Waals surface area contributed by atoms with Crippen LogP contribution in [-0.2, 0) is 4.79 Å². The number of nitrogens with zero attached hydrogens (tertiary/aromatic N) is 1. The van der Waals surface area contributed by atoms with Gasteiger partial charge in [0.15, 0.2) is 17.7 Å². The Labute approximate surface area is 105 Å². The number of rotatable bonds is 5. The number of benzene rings is 1. The topological polar surface area (TPSA) is 62.1 Å². The van der Waals surface area contributed by atoms with Crippen molar-refractivity contribution < 1.29 is 13.9 Å². The molecule has 1 rings (SSSR count). The zero-order chi connectivity index (χ0) is 13.5. The smallest absolute Gasteiger partial charge is 0.261 e. The van der Waals surface area contributed by atoms with Crippen LogP contribution in [-0.4, -0.2) is 18.6 Å². The molecule has 1 aromatic rings. The Kier molecular flexibility index (Phi) is 4.88. The summed E-state index contributed by atoms with van der Waals surface area (Å²) in [6, 6.07) is 5.62. The van der Waals surface area contributed by atoms with Crippen LogP contribution < -0.4 is 10.1 Å². The summed E-state index contributed by atoms with van der Waals surface area (Å²) in [7, 11) is 0. The van der Waals surface area contributed by atoms with E-state index in [9.17, 15) is 9.18 Å². The largest absolute Gasteiger partial charge is 0.478 e. The maximum Gasteiger partial charge on any atom is 0.261 e. The Balaban J connectivity index is 2.70. The quantitative estimate of drug-likeness (QED) is 0.808. The minimum absolute atomic E-state index is 0.0600. The number of nitriles is 1. The maximum absolute atomic E-state index is 13.5. The molecule has 0 bridgehead atoms. The second kappa shape index (κ2) is 6.40. The molecule has 4 nitrogen and oxygen atoms in total. The lowest BCUT2D eigenvalue weighted by atomic mass is 10.2. The Morgan fingerprint density at radius 2 is 2.44 bits per heavy atom. The summed E-state index contributed by atoms with van der Waals surface area (Å²) in [5.41, 5.74) is 0.198. The highest BCUT2D eigenvalue weighted by atomic mass is 19.1. The van der Waals surface area contributed by atoms with Gasteiger partial charge in [-0.25, -0.2) is 4.39 Å². The Morgan fingerprint density at radius 3 is 3.00 bits per heavy atom. The van der Waals surface area contributed by atoms with Gasteiger partial charge in [-0.05, 0) is 25.1 Å². The fourth-order valence-corrected chi connectivity index (χ4v) is 1.23. The van der Waals surface area contributed by atoms with Crippen molar-refractivity contribution in [3.63, 3.8) is 0 Å². The van der Waals surface area contributed by atoms with Crippen LogP contribution >= 0.6 is 0 Å². The Morgan fingerprint density at radius 1 is 1.72 bits per heavy atom. The molecule has 18 heavy (non-hydrogen) atoms. The second-order valence-corrected chi connectivity index (χ2v) is 3.55. The lowest BCUT2D eigenvalue weighted by molar-refractivity contribution is -0.127. The van der Waals surface area contributed by atoms with E-state index in [2.05, 4.69) is 11.9 Å². The highest BCUT2D eigenvalue weighted by Gasteiger charge is 2.15. The highest BCUT2D eigenvalue weighted by molar-refractivity contribution is 5.80. The first-order chi connectivity index (χ1) is 8.58. The first-order valence-corrected chi connectivity index (χ1v) is 5.33. The van der Waals surface area contributed by atoms with E-state index in [0.29, 0.717) is 6.54 Å². The molecular weight excluding hydrogens is 235 g/mol. The summed E-state index contributed by atoms with van der Waals surface area (Å²) in [6.07, 6.45) is 0.708. The third kappa shape index (κ3) is 3.59. The van der Waals surface area contributed by atoms with Gasteiger partial charge in [0.2, 0.25) is 0 Å². The van der Waals surface area contributed by atoms with E-state index >= 15 is 0 Å². The minimum Gasteiger partial charge on any atom is -0.478 e. The number of amides is 1. The lowest BCUT2D eigenvalue weighted by Crippen LogP contribution is -2.36.